The molecule has 1 aliphatic heterocycles. The molecule has 31 heavy (non-hydrogen) atoms. The van der Waals surface area contributed by atoms with Crippen LogP contribution in [0.2, 0.25) is 0 Å². The molecule has 0 aliphatic carbocycles. The zero-order valence-corrected chi connectivity index (χ0v) is 18.4. The van der Waals surface area contributed by atoms with E-state index in [4.69, 9.17) is 5.11 Å². The van der Waals surface area contributed by atoms with Crippen LogP contribution in [0.15, 0.2) is 30.3 Å². The van der Waals surface area contributed by atoms with Crippen LogP contribution in [0.1, 0.15) is 21.5 Å². The van der Waals surface area contributed by atoms with Crippen LogP contribution in [0, 0.1) is 26.9 Å². The summed E-state index contributed by atoms with van der Waals surface area (Å²) in [5.74, 6) is -4.42. The molecule has 166 valence electrons. The second-order valence-corrected chi connectivity index (χ2v) is 8.53. The summed E-state index contributed by atoms with van der Waals surface area (Å²) in [4.78, 5) is 26.2. The number of hydrogen-bond donors (Lipinski definition) is 3. The zero-order chi connectivity index (χ0) is 22.7. The van der Waals surface area contributed by atoms with Crippen molar-refractivity contribution in [3.05, 3.63) is 68.0 Å². The van der Waals surface area contributed by atoms with Gasteiger partial charge in [-0.15, -0.1) is 0 Å². The minimum absolute atomic E-state index is 0.0657. The molecule has 3 rings (SSSR count). The van der Waals surface area contributed by atoms with Crippen LogP contribution in [0.5, 0.6) is 0 Å². The van der Waals surface area contributed by atoms with Gasteiger partial charge in [-0.05, 0) is 52.4 Å². The van der Waals surface area contributed by atoms with E-state index in [1.54, 1.807) is 6.07 Å². The van der Waals surface area contributed by atoms with Crippen molar-refractivity contribution in [2.45, 2.75) is 12.5 Å². The summed E-state index contributed by atoms with van der Waals surface area (Å²) in [5.41, 5.74) is -0.210. The highest BCUT2D eigenvalue weighted by molar-refractivity contribution is 14.1. The highest BCUT2D eigenvalue weighted by Gasteiger charge is 2.37. The molecular weight excluding hydrogens is 528 g/mol. The summed E-state index contributed by atoms with van der Waals surface area (Å²) in [6.45, 7) is -0.475. The molecule has 1 unspecified atom stereocenters. The molecule has 10 heteroatoms. The Morgan fingerprint density at radius 2 is 1.87 bits per heavy atom. The standard InChI is InChI=1S/C21H20F3IN2O4/c22-17-4-3-15(16(19(17)24)5-11-1-2-13(25)6-18(11)23)21(31)27-8-12(9-27)20(30)26-7-14(29)10-28/h1-4,6,12,14,28-29H,5,7-10H2,(H,26,30). The Labute approximate surface area is 190 Å². The van der Waals surface area contributed by atoms with Crippen molar-refractivity contribution >= 4 is 34.4 Å². The number of aliphatic hydroxyl groups is 2. The topological polar surface area (TPSA) is 89.9 Å². The lowest BCUT2D eigenvalue weighted by molar-refractivity contribution is -0.129. The fourth-order valence-electron chi connectivity index (χ4n) is 3.23. The zero-order valence-electron chi connectivity index (χ0n) is 16.2. The smallest absolute Gasteiger partial charge is 0.254 e. The molecule has 1 atom stereocenters. The number of nitrogens with one attached hydrogen (secondary N) is 1. The molecule has 0 spiro atoms. The Balaban J connectivity index is 1.74. The van der Waals surface area contributed by atoms with Gasteiger partial charge in [0.15, 0.2) is 11.6 Å². The lowest BCUT2D eigenvalue weighted by Gasteiger charge is -2.38. The molecule has 0 aromatic heterocycles. The number of nitrogens with zero attached hydrogens (tertiary/aromatic N) is 1. The predicted molar refractivity (Wildman–Crippen MR) is 114 cm³/mol. The molecule has 0 radical (unpaired) electrons. The Kier molecular flexibility index (Phi) is 7.55. The van der Waals surface area contributed by atoms with Crippen molar-refractivity contribution in [2.75, 3.05) is 26.2 Å². The van der Waals surface area contributed by atoms with Gasteiger partial charge in [0.1, 0.15) is 5.82 Å². The monoisotopic (exact) mass is 548 g/mol. The third kappa shape index (κ3) is 5.36. The molecule has 2 amide bonds. The maximum Gasteiger partial charge on any atom is 0.254 e. The second-order valence-electron chi connectivity index (χ2n) is 7.29. The van der Waals surface area contributed by atoms with Crippen molar-refractivity contribution in [2.24, 2.45) is 5.92 Å². The minimum Gasteiger partial charge on any atom is -0.394 e. The Morgan fingerprint density at radius 1 is 1.16 bits per heavy atom. The first-order valence-electron chi connectivity index (χ1n) is 9.48. The molecule has 2 aromatic carbocycles. The molecule has 1 saturated heterocycles. The van der Waals surface area contributed by atoms with Gasteiger partial charge in [-0.3, -0.25) is 9.59 Å². The van der Waals surface area contributed by atoms with E-state index in [-0.39, 0.29) is 48.7 Å². The van der Waals surface area contributed by atoms with Crippen LogP contribution in [0.25, 0.3) is 0 Å². The number of aliphatic hydroxyl groups excluding tert-OH is 2. The fourth-order valence-corrected chi connectivity index (χ4v) is 3.68. The molecule has 1 aliphatic rings. The molecule has 1 fully saturated rings. The summed E-state index contributed by atoms with van der Waals surface area (Å²) in [6, 6.07) is 6.35. The van der Waals surface area contributed by atoms with E-state index in [2.05, 4.69) is 5.32 Å². The van der Waals surface area contributed by atoms with E-state index < -0.39 is 42.0 Å². The second kappa shape index (κ2) is 9.96. The number of halogens is 4. The summed E-state index contributed by atoms with van der Waals surface area (Å²) < 4.78 is 43.3. The molecule has 2 aromatic rings. The van der Waals surface area contributed by atoms with Gasteiger partial charge in [-0.25, -0.2) is 13.2 Å². The first-order valence-corrected chi connectivity index (χ1v) is 10.6. The van der Waals surface area contributed by atoms with Gasteiger partial charge >= 0.3 is 0 Å². The Morgan fingerprint density at radius 3 is 2.52 bits per heavy atom. The first-order chi connectivity index (χ1) is 14.7. The number of likely N-dealkylation sites (tertiary alicyclic amines) is 1. The number of amides is 2. The number of benzene rings is 2. The van der Waals surface area contributed by atoms with Gasteiger partial charge in [0.2, 0.25) is 5.91 Å². The van der Waals surface area contributed by atoms with Crippen molar-refractivity contribution in [1.82, 2.24) is 10.2 Å². The summed E-state index contributed by atoms with van der Waals surface area (Å²) in [5, 5.41) is 20.5. The van der Waals surface area contributed by atoms with Crippen molar-refractivity contribution in [3.8, 4) is 0 Å². The predicted octanol–water partition coefficient (Wildman–Crippen LogP) is 1.84. The number of carbonyl (C=O) groups excluding carboxylic acids is 2. The van der Waals surface area contributed by atoms with Crippen LogP contribution >= 0.6 is 22.6 Å². The van der Waals surface area contributed by atoms with Crippen molar-refractivity contribution in [3.63, 3.8) is 0 Å². The Hall–Kier alpha value is -2.18. The molecule has 6 nitrogen and oxygen atoms in total. The number of rotatable bonds is 7. The van der Waals surface area contributed by atoms with Crippen LogP contribution in [0.3, 0.4) is 0 Å². The van der Waals surface area contributed by atoms with Crippen LogP contribution in [-0.2, 0) is 11.2 Å². The Bertz CT molecular complexity index is 999. The van der Waals surface area contributed by atoms with E-state index in [0.717, 1.165) is 12.1 Å². The van der Waals surface area contributed by atoms with Crippen LogP contribution in [-0.4, -0.2) is 59.3 Å². The van der Waals surface area contributed by atoms with E-state index in [0.29, 0.717) is 3.57 Å². The van der Waals surface area contributed by atoms with Crippen LogP contribution < -0.4 is 5.32 Å². The number of carbonyl (C=O) groups is 2. The third-order valence-electron chi connectivity index (χ3n) is 5.07. The lowest BCUT2D eigenvalue weighted by atomic mass is 9.94. The van der Waals surface area contributed by atoms with Crippen LogP contribution in [0.4, 0.5) is 13.2 Å². The van der Waals surface area contributed by atoms with Crippen molar-refractivity contribution < 1.29 is 33.0 Å². The summed E-state index contributed by atoms with van der Waals surface area (Å²) >= 11 is 1.93. The van der Waals surface area contributed by atoms with Crippen molar-refractivity contribution in [1.29, 1.82) is 0 Å². The maximum absolute atomic E-state index is 14.5. The van der Waals surface area contributed by atoms with E-state index >= 15 is 0 Å². The average molecular weight is 548 g/mol. The fraction of sp³-hybridized carbons (Fsp3) is 0.333. The maximum atomic E-state index is 14.5. The molecule has 1 heterocycles. The summed E-state index contributed by atoms with van der Waals surface area (Å²) in [7, 11) is 0. The van der Waals surface area contributed by atoms with Gasteiger partial charge in [0.25, 0.3) is 5.91 Å². The minimum atomic E-state index is -1.21. The lowest BCUT2D eigenvalue weighted by Crippen LogP contribution is -2.56. The van der Waals surface area contributed by atoms with Gasteiger partial charge in [-0.1, -0.05) is 6.07 Å². The molecule has 0 saturated carbocycles. The first kappa shape index (κ1) is 23.5. The van der Waals surface area contributed by atoms with Gasteiger partial charge in [0, 0.05) is 40.8 Å². The molecule has 0 bridgehead atoms. The van der Waals surface area contributed by atoms with Gasteiger partial charge < -0.3 is 20.4 Å². The van der Waals surface area contributed by atoms with Gasteiger partial charge in [-0.2, -0.15) is 0 Å². The SMILES string of the molecule is O=C(NCC(O)CO)C1CN(C(=O)c2ccc(F)c(F)c2Cc2ccc(I)cc2F)C1. The van der Waals surface area contributed by atoms with E-state index in [1.807, 2.05) is 22.6 Å². The summed E-state index contributed by atoms with van der Waals surface area (Å²) in [6.07, 6.45) is -1.38. The highest BCUT2D eigenvalue weighted by atomic mass is 127. The average Bonchev–Trinajstić information content (AvgIpc) is 2.70. The van der Waals surface area contributed by atoms with Gasteiger partial charge in [0.05, 0.1) is 18.6 Å². The van der Waals surface area contributed by atoms with E-state index in [1.165, 1.54) is 17.0 Å². The third-order valence-corrected chi connectivity index (χ3v) is 5.74. The largest absolute Gasteiger partial charge is 0.394 e. The normalized spacial score (nSPS) is 14.8. The molecular formula is C21H20F3IN2O4. The molecule has 3 N–H and O–H groups in total. The quantitative estimate of drug-likeness (QED) is 0.461. The van der Waals surface area contributed by atoms with E-state index in [9.17, 15) is 27.9 Å². The highest BCUT2D eigenvalue weighted by Crippen LogP contribution is 2.26. The number of hydrogen-bond acceptors (Lipinski definition) is 4.